The number of carbonyl (C=O) groups excluding carboxylic acids is 1. The van der Waals surface area contributed by atoms with Gasteiger partial charge in [-0.05, 0) is 67.1 Å². The Morgan fingerprint density at radius 1 is 0.972 bits per heavy atom. The first kappa shape index (κ1) is 23.6. The number of aromatic nitrogens is 2. The van der Waals surface area contributed by atoms with E-state index in [9.17, 15) is 9.59 Å². The predicted octanol–water partition coefficient (Wildman–Crippen LogP) is 6.43. The van der Waals surface area contributed by atoms with Gasteiger partial charge in [0.05, 0.1) is 35.4 Å². The lowest BCUT2D eigenvalue weighted by Crippen LogP contribution is -2.38. The molecule has 180 valence electrons. The number of para-hydroxylation sites is 1. The van der Waals surface area contributed by atoms with Crippen LogP contribution in [0.2, 0.25) is 5.02 Å². The molecule has 0 aliphatic rings. The van der Waals surface area contributed by atoms with E-state index in [0.29, 0.717) is 45.2 Å². The van der Waals surface area contributed by atoms with Crippen molar-refractivity contribution in [1.82, 2.24) is 14.5 Å². The summed E-state index contributed by atoms with van der Waals surface area (Å²) in [7, 11) is 0. The van der Waals surface area contributed by atoms with Gasteiger partial charge in [0.15, 0.2) is 0 Å². The second-order valence-corrected chi connectivity index (χ2v) is 8.84. The molecule has 0 fully saturated rings. The van der Waals surface area contributed by atoms with Crippen LogP contribution in [0.3, 0.4) is 0 Å². The van der Waals surface area contributed by atoms with Crippen molar-refractivity contribution >= 4 is 28.4 Å². The fourth-order valence-corrected chi connectivity index (χ4v) is 4.52. The normalized spacial score (nSPS) is 11.9. The van der Waals surface area contributed by atoms with Gasteiger partial charge in [0.2, 0.25) is 0 Å². The van der Waals surface area contributed by atoms with Gasteiger partial charge in [-0.2, -0.15) is 0 Å². The van der Waals surface area contributed by atoms with Gasteiger partial charge in [-0.15, -0.1) is 0 Å². The van der Waals surface area contributed by atoms with Gasteiger partial charge >= 0.3 is 0 Å². The summed E-state index contributed by atoms with van der Waals surface area (Å²) in [5.74, 6) is 0.933. The lowest BCUT2D eigenvalue weighted by molar-refractivity contribution is 0.0624. The summed E-state index contributed by atoms with van der Waals surface area (Å²) < 4.78 is 7.19. The molecule has 1 atom stereocenters. The number of hydrogen-bond donors (Lipinski definition) is 0. The maximum Gasteiger partial charge on any atom is 0.266 e. The molecule has 6 nitrogen and oxygen atoms in total. The number of carbonyl (C=O) groups is 1. The minimum absolute atomic E-state index is 0.177. The van der Waals surface area contributed by atoms with Gasteiger partial charge in [0.25, 0.3) is 11.5 Å². The van der Waals surface area contributed by atoms with Crippen molar-refractivity contribution in [3.05, 3.63) is 130 Å². The highest BCUT2D eigenvalue weighted by Gasteiger charge is 2.30. The van der Waals surface area contributed by atoms with Crippen LogP contribution in [0.25, 0.3) is 16.6 Å². The highest BCUT2D eigenvalue weighted by atomic mass is 35.5. The van der Waals surface area contributed by atoms with Gasteiger partial charge in [-0.1, -0.05) is 48.9 Å². The minimum atomic E-state index is -0.518. The summed E-state index contributed by atoms with van der Waals surface area (Å²) in [5, 5.41) is 1.06. The van der Waals surface area contributed by atoms with Crippen molar-refractivity contribution in [2.45, 2.75) is 25.9 Å². The molecule has 1 unspecified atom stereocenters. The summed E-state index contributed by atoms with van der Waals surface area (Å²) in [6, 6.07) is 26.5. The zero-order valence-corrected chi connectivity index (χ0v) is 20.4. The number of furan rings is 1. The lowest BCUT2D eigenvalue weighted by atomic mass is 10.1. The molecule has 2 aromatic heterocycles. The molecule has 5 rings (SSSR count). The van der Waals surface area contributed by atoms with E-state index < -0.39 is 6.04 Å². The number of fused-ring (bicyclic) bond motifs is 1. The van der Waals surface area contributed by atoms with Crippen LogP contribution in [0.5, 0.6) is 0 Å². The molecule has 0 saturated carbocycles. The van der Waals surface area contributed by atoms with Crippen LogP contribution in [0, 0.1) is 0 Å². The quantitative estimate of drug-likeness (QED) is 0.260. The van der Waals surface area contributed by atoms with Gasteiger partial charge < -0.3 is 9.32 Å². The first-order valence-electron chi connectivity index (χ1n) is 11.7. The highest BCUT2D eigenvalue weighted by Crippen LogP contribution is 2.29. The van der Waals surface area contributed by atoms with Crippen LogP contribution in [0.1, 0.15) is 41.3 Å². The van der Waals surface area contributed by atoms with E-state index in [-0.39, 0.29) is 18.0 Å². The smallest absolute Gasteiger partial charge is 0.266 e. The summed E-state index contributed by atoms with van der Waals surface area (Å²) in [5.41, 5.74) is 1.54. The second kappa shape index (κ2) is 10.2. The maximum absolute atomic E-state index is 13.8. The highest BCUT2D eigenvalue weighted by molar-refractivity contribution is 6.30. The average Bonchev–Trinajstić information content (AvgIpc) is 3.43. The first-order valence-corrected chi connectivity index (χ1v) is 12.1. The van der Waals surface area contributed by atoms with Crippen molar-refractivity contribution in [2.75, 3.05) is 0 Å². The molecule has 3 aromatic carbocycles. The van der Waals surface area contributed by atoms with Crippen LogP contribution in [-0.4, -0.2) is 20.4 Å². The van der Waals surface area contributed by atoms with Crippen molar-refractivity contribution in [2.24, 2.45) is 0 Å². The largest absolute Gasteiger partial charge is 0.467 e. The number of rotatable bonds is 7. The van der Waals surface area contributed by atoms with Gasteiger partial charge in [0.1, 0.15) is 11.6 Å². The van der Waals surface area contributed by atoms with Crippen LogP contribution < -0.4 is 5.56 Å². The molecule has 1 amide bonds. The molecular weight excluding hydrogens is 474 g/mol. The Balaban J connectivity index is 1.73. The molecule has 36 heavy (non-hydrogen) atoms. The van der Waals surface area contributed by atoms with Gasteiger partial charge in [-0.3, -0.25) is 14.2 Å². The maximum atomic E-state index is 13.8. The lowest BCUT2D eigenvalue weighted by Gasteiger charge is -2.32. The van der Waals surface area contributed by atoms with Crippen molar-refractivity contribution in [3.8, 4) is 5.69 Å². The molecule has 0 saturated heterocycles. The molecule has 0 aliphatic carbocycles. The van der Waals surface area contributed by atoms with Gasteiger partial charge in [0, 0.05) is 10.6 Å². The zero-order chi connectivity index (χ0) is 25.1. The Morgan fingerprint density at radius 2 is 1.69 bits per heavy atom. The minimum Gasteiger partial charge on any atom is -0.467 e. The monoisotopic (exact) mass is 497 g/mol. The third-order valence-electron chi connectivity index (χ3n) is 6.14. The van der Waals surface area contributed by atoms with E-state index in [4.69, 9.17) is 21.0 Å². The van der Waals surface area contributed by atoms with Gasteiger partial charge in [-0.25, -0.2) is 4.98 Å². The van der Waals surface area contributed by atoms with Crippen molar-refractivity contribution < 1.29 is 9.21 Å². The Kier molecular flexibility index (Phi) is 6.69. The Morgan fingerprint density at radius 3 is 2.39 bits per heavy atom. The standard InChI is InChI=1S/C29H24ClN3O3/c1-2-26(32(19-23-11-8-18-36-23)28(34)20-9-4-3-5-10-20)27-31-25-13-7-6-12-24(25)29(35)33(27)22-16-14-21(30)15-17-22/h3-18,26H,2,19H2,1H3. The van der Waals surface area contributed by atoms with E-state index in [0.717, 1.165) is 0 Å². The van der Waals surface area contributed by atoms with Crippen LogP contribution >= 0.6 is 11.6 Å². The molecular formula is C29H24ClN3O3. The van der Waals surface area contributed by atoms with Crippen LogP contribution in [0.4, 0.5) is 0 Å². The van der Waals surface area contributed by atoms with E-state index in [1.807, 2.05) is 49.4 Å². The van der Waals surface area contributed by atoms with Crippen LogP contribution in [-0.2, 0) is 6.54 Å². The number of benzene rings is 3. The summed E-state index contributed by atoms with van der Waals surface area (Å²) in [4.78, 5) is 34.3. The van der Waals surface area contributed by atoms with E-state index in [1.165, 1.54) is 0 Å². The third-order valence-corrected chi connectivity index (χ3v) is 6.39. The summed E-state index contributed by atoms with van der Waals surface area (Å²) >= 11 is 6.14. The molecule has 0 radical (unpaired) electrons. The summed E-state index contributed by atoms with van der Waals surface area (Å²) in [6.07, 6.45) is 2.11. The van der Waals surface area contributed by atoms with Crippen LogP contribution in [0.15, 0.2) is 106 Å². The number of halogens is 1. The molecule has 5 aromatic rings. The zero-order valence-electron chi connectivity index (χ0n) is 19.7. The molecule has 7 heteroatoms. The number of hydrogen-bond acceptors (Lipinski definition) is 4. The predicted molar refractivity (Wildman–Crippen MR) is 140 cm³/mol. The second-order valence-electron chi connectivity index (χ2n) is 8.41. The fourth-order valence-electron chi connectivity index (χ4n) is 4.40. The Bertz CT molecular complexity index is 1550. The molecule has 2 heterocycles. The first-order chi connectivity index (χ1) is 17.6. The SMILES string of the molecule is CCC(c1nc2ccccc2c(=O)n1-c1ccc(Cl)cc1)N(Cc1ccco1)C(=O)c1ccccc1. The Labute approximate surface area is 213 Å². The Hall–Kier alpha value is -4.16. The number of nitrogens with zero attached hydrogens (tertiary/aromatic N) is 3. The molecule has 0 N–H and O–H groups in total. The number of amides is 1. The summed E-state index contributed by atoms with van der Waals surface area (Å²) in [6.45, 7) is 2.20. The fraction of sp³-hybridized carbons (Fsp3) is 0.138. The molecule has 0 aliphatic heterocycles. The molecule has 0 spiro atoms. The van der Waals surface area contributed by atoms with E-state index >= 15 is 0 Å². The third kappa shape index (κ3) is 4.55. The average molecular weight is 498 g/mol. The van der Waals surface area contributed by atoms with Crippen molar-refractivity contribution in [3.63, 3.8) is 0 Å². The topological polar surface area (TPSA) is 68.3 Å². The van der Waals surface area contributed by atoms with E-state index in [1.54, 1.807) is 64.3 Å². The molecule has 0 bridgehead atoms. The van der Waals surface area contributed by atoms with E-state index in [2.05, 4.69) is 0 Å². The van der Waals surface area contributed by atoms with Crippen molar-refractivity contribution in [1.29, 1.82) is 0 Å².